The number of hydrogen-bond donors (Lipinski definition) is 1. The standard InChI is InChI=1S/C13H20N2O5/c1-13(2,3)20-12(16)14-8-7-9(17-4)11(19-6)15-10(8)18-5/h7H,1-6H3,(H,14,16). The Morgan fingerprint density at radius 2 is 1.70 bits per heavy atom. The van der Waals surface area contributed by atoms with Crippen molar-refractivity contribution in [2.45, 2.75) is 26.4 Å². The van der Waals surface area contributed by atoms with Crippen LogP contribution in [-0.2, 0) is 4.74 Å². The Bertz CT molecular complexity index is 482. The van der Waals surface area contributed by atoms with Gasteiger partial charge in [-0.25, -0.2) is 4.79 Å². The number of ether oxygens (including phenoxy) is 4. The van der Waals surface area contributed by atoms with E-state index < -0.39 is 11.7 Å². The molecule has 7 nitrogen and oxygen atoms in total. The topological polar surface area (TPSA) is 78.9 Å². The quantitative estimate of drug-likeness (QED) is 0.915. The van der Waals surface area contributed by atoms with Crippen LogP contribution in [-0.4, -0.2) is 38.0 Å². The largest absolute Gasteiger partial charge is 0.491 e. The summed E-state index contributed by atoms with van der Waals surface area (Å²) in [5, 5.41) is 2.56. The molecule has 1 rings (SSSR count). The van der Waals surface area contributed by atoms with Gasteiger partial charge in [0.05, 0.1) is 21.3 Å². The summed E-state index contributed by atoms with van der Waals surface area (Å²) in [6, 6.07) is 1.55. The van der Waals surface area contributed by atoms with Crippen LogP contribution in [0.3, 0.4) is 0 Å². The number of pyridine rings is 1. The lowest BCUT2D eigenvalue weighted by Crippen LogP contribution is -2.27. The lowest BCUT2D eigenvalue weighted by molar-refractivity contribution is 0.0635. The van der Waals surface area contributed by atoms with Gasteiger partial charge >= 0.3 is 6.09 Å². The average Bonchev–Trinajstić information content (AvgIpc) is 2.35. The predicted molar refractivity (Wildman–Crippen MR) is 73.7 cm³/mol. The maximum atomic E-state index is 11.8. The van der Waals surface area contributed by atoms with Gasteiger partial charge in [0.2, 0.25) is 5.88 Å². The first-order valence-electron chi connectivity index (χ1n) is 5.97. The molecule has 0 saturated carbocycles. The van der Waals surface area contributed by atoms with E-state index in [1.807, 2.05) is 0 Å². The van der Waals surface area contributed by atoms with E-state index in [9.17, 15) is 4.79 Å². The number of amides is 1. The van der Waals surface area contributed by atoms with Crippen molar-refractivity contribution in [3.8, 4) is 17.5 Å². The Kier molecular flexibility index (Phi) is 5.01. The van der Waals surface area contributed by atoms with Crippen molar-refractivity contribution in [2.24, 2.45) is 0 Å². The van der Waals surface area contributed by atoms with E-state index in [-0.39, 0.29) is 11.8 Å². The Morgan fingerprint density at radius 3 is 2.15 bits per heavy atom. The molecule has 0 bridgehead atoms. The lowest BCUT2D eigenvalue weighted by Gasteiger charge is -2.20. The molecule has 1 amide bonds. The van der Waals surface area contributed by atoms with E-state index in [4.69, 9.17) is 18.9 Å². The number of anilines is 1. The first-order valence-corrected chi connectivity index (χ1v) is 5.97. The van der Waals surface area contributed by atoms with Gasteiger partial charge in [0.25, 0.3) is 5.88 Å². The number of carbonyl (C=O) groups excluding carboxylic acids is 1. The second-order valence-electron chi connectivity index (χ2n) is 4.88. The first kappa shape index (κ1) is 15.9. The van der Waals surface area contributed by atoms with Gasteiger partial charge in [-0.2, -0.15) is 4.98 Å². The fraction of sp³-hybridized carbons (Fsp3) is 0.538. The van der Waals surface area contributed by atoms with Crippen LogP contribution in [0, 0.1) is 0 Å². The molecule has 0 aliphatic heterocycles. The molecule has 0 radical (unpaired) electrons. The predicted octanol–water partition coefficient (Wildman–Crippen LogP) is 2.45. The Morgan fingerprint density at radius 1 is 1.10 bits per heavy atom. The van der Waals surface area contributed by atoms with Crippen LogP contribution in [0.25, 0.3) is 0 Å². The molecule has 1 N–H and O–H groups in total. The van der Waals surface area contributed by atoms with Crippen molar-refractivity contribution in [3.05, 3.63) is 6.07 Å². The van der Waals surface area contributed by atoms with Gasteiger partial charge in [0.15, 0.2) is 5.75 Å². The third-order valence-corrected chi connectivity index (χ3v) is 2.16. The number of nitrogens with one attached hydrogen (secondary N) is 1. The van der Waals surface area contributed by atoms with Crippen LogP contribution in [0.4, 0.5) is 10.5 Å². The third kappa shape index (κ3) is 4.18. The fourth-order valence-corrected chi connectivity index (χ4v) is 1.41. The van der Waals surface area contributed by atoms with Gasteiger partial charge < -0.3 is 18.9 Å². The monoisotopic (exact) mass is 284 g/mol. The number of carbonyl (C=O) groups is 1. The van der Waals surface area contributed by atoms with E-state index in [0.717, 1.165) is 0 Å². The van der Waals surface area contributed by atoms with Crippen molar-refractivity contribution in [1.82, 2.24) is 4.98 Å². The van der Waals surface area contributed by atoms with E-state index in [2.05, 4.69) is 10.3 Å². The number of nitrogens with zero attached hydrogens (tertiary/aromatic N) is 1. The average molecular weight is 284 g/mol. The molecule has 0 fully saturated rings. The summed E-state index contributed by atoms with van der Waals surface area (Å²) in [5.74, 6) is 0.840. The normalized spacial score (nSPS) is 10.7. The van der Waals surface area contributed by atoms with Crippen molar-refractivity contribution in [3.63, 3.8) is 0 Å². The SMILES string of the molecule is COc1cc(NC(=O)OC(C)(C)C)c(OC)nc1OC. The smallest absolute Gasteiger partial charge is 0.412 e. The minimum absolute atomic E-state index is 0.202. The van der Waals surface area contributed by atoms with Crippen LogP contribution < -0.4 is 19.5 Å². The maximum absolute atomic E-state index is 11.8. The minimum Gasteiger partial charge on any atom is -0.491 e. The van der Waals surface area contributed by atoms with Crippen molar-refractivity contribution >= 4 is 11.8 Å². The van der Waals surface area contributed by atoms with Crippen LogP contribution in [0.2, 0.25) is 0 Å². The zero-order valence-corrected chi connectivity index (χ0v) is 12.6. The molecule has 0 aliphatic carbocycles. The lowest BCUT2D eigenvalue weighted by atomic mass is 10.2. The molecule has 0 aromatic carbocycles. The zero-order chi connectivity index (χ0) is 15.3. The molecule has 1 aromatic heterocycles. The van der Waals surface area contributed by atoms with Crippen LogP contribution >= 0.6 is 0 Å². The Labute approximate surface area is 118 Å². The van der Waals surface area contributed by atoms with Gasteiger partial charge in [-0.05, 0) is 20.8 Å². The molecule has 20 heavy (non-hydrogen) atoms. The van der Waals surface area contributed by atoms with E-state index in [0.29, 0.717) is 11.4 Å². The summed E-state index contributed by atoms with van der Waals surface area (Å²) in [4.78, 5) is 15.9. The van der Waals surface area contributed by atoms with E-state index in [1.165, 1.54) is 21.3 Å². The molecule has 0 spiro atoms. The zero-order valence-electron chi connectivity index (χ0n) is 12.6. The van der Waals surface area contributed by atoms with Crippen molar-refractivity contribution < 1.29 is 23.7 Å². The third-order valence-electron chi connectivity index (χ3n) is 2.16. The van der Waals surface area contributed by atoms with E-state index in [1.54, 1.807) is 26.8 Å². The van der Waals surface area contributed by atoms with Crippen LogP contribution in [0.15, 0.2) is 6.07 Å². The fourth-order valence-electron chi connectivity index (χ4n) is 1.41. The summed E-state index contributed by atoms with van der Waals surface area (Å²) < 4.78 is 20.5. The number of methoxy groups -OCH3 is 3. The van der Waals surface area contributed by atoms with Gasteiger partial charge in [-0.15, -0.1) is 0 Å². The molecule has 112 valence electrons. The second kappa shape index (κ2) is 6.31. The summed E-state index contributed by atoms with van der Waals surface area (Å²) in [5.41, 5.74) is -0.263. The van der Waals surface area contributed by atoms with Gasteiger partial charge in [-0.3, -0.25) is 5.32 Å². The highest BCUT2D eigenvalue weighted by Crippen LogP contribution is 2.34. The van der Waals surface area contributed by atoms with E-state index >= 15 is 0 Å². The molecule has 0 unspecified atom stereocenters. The van der Waals surface area contributed by atoms with Crippen LogP contribution in [0.1, 0.15) is 20.8 Å². The molecule has 0 saturated heterocycles. The molecule has 1 heterocycles. The summed E-state index contributed by atoms with van der Waals surface area (Å²) in [7, 11) is 4.38. The summed E-state index contributed by atoms with van der Waals surface area (Å²) in [6.07, 6.45) is -0.607. The van der Waals surface area contributed by atoms with Crippen molar-refractivity contribution in [1.29, 1.82) is 0 Å². The maximum Gasteiger partial charge on any atom is 0.412 e. The van der Waals surface area contributed by atoms with Gasteiger partial charge in [0.1, 0.15) is 11.3 Å². The van der Waals surface area contributed by atoms with Gasteiger partial charge in [0, 0.05) is 6.07 Å². The Balaban J connectivity index is 3.02. The second-order valence-corrected chi connectivity index (χ2v) is 4.88. The highest BCUT2D eigenvalue weighted by atomic mass is 16.6. The number of aromatic nitrogens is 1. The highest BCUT2D eigenvalue weighted by molar-refractivity contribution is 5.87. The van der Waals surface area contributed by atoms with Crippen LogP contribution in [0.5, 0.6) is 17.5 Å². The number of rotatable bonds is 4. The molecular weight excluding hydrogens is 264 g/mol. The molecule has 7 heteroatoms. The molecule has 0 aliphatic rings. The molecular formula is C13H20N2O5. The Hall–Kier alpha value is -2.18. The molecule has 1 aromatic rings. The van der Waals surface area contributed by atoms with Gasteiger partial charge in [-0.1, -0.05) is 0 Å². The summed E-state index contributed by atoms with van der Waals surface area (Å²) in [6.45, 7) is 5.32. The van der Waals surface area contributed by atoms with Crippen molar-refractivity contribution in [2.75, 3.05) is 26.6 Å². The molecule has 0 atom stereocenters. The summed E-state index contributed by atoms with van der Waals surface area (Å²) >= 11 is 0. The highest BCUT2D eigenvalue weighted by Gasteiger charge is 2.20. The first-order chi connectivity index (χ1) is 9.30. The number of hydrogen-bond acceptors (Lipinski definition) is 6. The minimum atomic E-state index is -0.607.